The molecule has 2 atom stereocenters. The van der Waals surface area contributed by atoms with Crippen LogP contribution in [0.4, 0.5) is 0 Å². The highest BCUT2D eigenvalue weighted by molar-refractivity contribution is 6.11. The van der Waals surface area contributed by atoms with Gasteiger partial charge in [0.05, 0.1) is 12.3 Å². The summed E-state index contributed by atoms with van der Waals surface area (Å²) in [6.45, 7) is 11.0. The van der Waals surface area contributed by atoms with Gasteiger partial charge in [0.15, 0.2) is 5.78 Å². The summed E-state index contributed by atoms with van der Waals surface area (Å²) in [5.41, 5.74) is 5.40. The van der Waals surface area contributed by atoms with Gasteiger partial charge in [0, 0.05) is 17.4 Å². The van der Waals surface area contributed by atoms with Gasteiger partial charge in [-0.1, -0.05) is 6.92 Å². The molecular weight excluding hydrogens is 290 g/mol. The minimum absolute atomic E-state index is 0.0634. The van der Waals surface area contributed by atoms with Crippen molar-refractivity contribution in [3.05, 3.63) is 34.5 Å². The average Bonchev–Trinajstić information content (AvgIpc) is 2.84. The first-order valence-corrected chi connectivity index (χ1v) is 8.17. The minimum Gasteiger partial charge on any atom is -0.465 e. The van der Waals surface area contributed by atoms with E-state index in [4.69, 9.17) is 4.74 Å². The van der Waals surface area contributed by atoms with Gasteiger partial charge >= 0.3 is 5.97 Å². The van der Waals surface area contributed by atoms with Crippen LogP contribution in [0.3, 0.4) is 0 Å². The summed E-state index contributed by atoms with van der Waals surface area (Å²) in [5, 5.41) is 1.10. The van der Waals surface area contributed by atoms with E-state index in [1.54, 1.807) is 6.92 Å². The van der Waals surface area contributed by atoms with Crippen molar-refractivity contribution in [2.45, 2.75) is 41.2 Å². The lowest BCUT2D eigenvalue weighted by atomic mass is 9.85. The zero-order chi connectivity index (χ0) is 16.9. The molecule has 0 spiro atoms. The smallest absolute Gasteiger partial charge is 0.317 e. The molecule has 2 aromatic rings. The molecule has 4 nitrogen and oxygen atoms in total. The summed E-state index contributed by atoms with van der Waals surface area (Å²) in [5.74, 6) is -1.26. The monoisotopic (exact) mass is 313 g/mol. The molecule has 0 saturated heterocycles. The number of aryl methyl sites for hydroxylation is 2. The number of fused-ring (bicyclic) bond motifs is 3. The van der Waals surface area contributed by atoms with Crippen molar-refractivity contribution in [1.82, 2.24) is 4.57 Å². The van der Waals surface area contributed by atoms with Crippen LogP contribution in [0.5, 0.6) is 0 Å². The highest BCUT2D eigenvalue weighted by Gasteiger charge is 2.40. The number of hydrogen-bond donors (Lipinski definition) is 0. The summed E-state index contributed by atoms with van der Waals surface area (Å²) < 4.78 is 7.17. The Morgan fingerprint density at radius 3 is 2.61 bits per heavy atom. The van der Waals surface area contributed by atoms with Crippen LogP contribution >= 0.6 is 0 Å². The van der Waals surface area contributed by atoms with E-state index < -0.39 is 11.9 Å². The molecule has 4 heteroatoms. The number of carbonyl (C=O) groups excluding carboxylic acids is 2. The number of esters is 1. The minimum atomic E-state index is -0.686. The SMILES string of the molecule is CCOC(=O)C1C(=O)c2cc3c(C)c(C)c(C)cc3n2CC1C. The summed E-state index contributed by atoms with van der Waals surface area (Å²) in [6, 6.07) is 4.09. The van der Waals surface area contributed by atoms with Crippen LogP contribution in [0.25, 0.3) is 10.9 Å². The molecule has 23 heavy (non-hydrogen) atoms. The summed E-state index contributed by atoms with van der Waals surface area (Å²) in [6.07, 6.45) is 0. The Labute approximate surface area is 136 Å². The first-order chi connectivity index (χ1) is 10.9. The molecule has 2 unspecified atom stereocenters. The molecule has 0 amide bonds. The van der Waals surface area contributed by atoms with E-state index in [9.17, 15) is 9.59 Å². The summed E-state index contributed by atoms with van der Waals surface area (Å²) >= 11 is 0. The maximum absolute atomic E-state index is 12.9. The molecule has 0 radical (unpaired) electrons. The molecule has 1 aromatic carbocycles. The van der Waals surface area contributed by atoms with Crippen molar-refractivity contribution in [2.75, 3.05) is 6.61 Å². The molecular formula is C19H23NO3. The van der Waals surface area contributed by atoms with Crippen LogP contribution in [0.2, 0.25) is 0 Å². The molecule has 122 valence electrons. The second-order valence-electron chi connectivity index (χ2n) is 6.59. The molecule has 1 aliphatic rings. The van der Waals surface area contributed by atoms with Crippen molar-refractivity contribution in [3.63, 3.8) is 0 Å². The Balaban J connectivity index is 2.17. The third-order valence-corrected chi connectivity index (χ3v) is 5.16. The Hall–Kier alpha value is -2.10. The molecule has 0 N–H and O–H groups in total. The van der Waals surface area contributed by atoms with Crippen molar-refractivity contribution in [2.24, 2.45) is 11.8 Å². The Bertz CT molecular complexity index is 816. The number of rotatable bonds is 2. The fraction of sp³-hybridized carbons (Fsp3) is 0.474. The van der Waals surface area contributed by atoms with E-state index in [0.717, 1.165) is 10.9 Å². The number of carbonyl (C=O) groups is 2. The molecule has 2 heterocycles. The lowest BCUT2D eigenvalue weighted by Crippen LogP contribution is -2.39. The lowest BCUT2D eigenvalue weighted by Gasteiger charge is -2.28. The quantitative estimate of drug-likeness (QED) is 0.629. The Morgan fingerprint density at radius 1 is 1.26 bits per heavy atom. The van der Waals surface area contributed by atoms with Gasteiger partial charge < -0.3 is 9.30 Å². The van der Waals surface area contributed by atoms with Gasteiger partial charge in [-0.05, 0) is 62.4 Å². The molecule has 0 bridgehead atoms. The molecule has 3 rings (SSSR count). The lowest BCUT2D eigenvalue weighted by molar-refractivity contribution is -0.148. The molecule has 1 aromatic heterocycles. The number of aromatic nitrogens is 1. The second-order valence-corrected chi connectivity index (χ2v) is 6.59. The number of Topliss-reactive ketones (excluding diaryl/α,β-unsaturated/α-hetero) is 1. The van der Waals surface area contributed by atoms with Crippen LogP contribution in [0.15, 0.2) is 12.1 Å². The van der Waals surface area contributed by atoms with E-state index in [2.05, 4.69) is 31.4 Å². The summed E-state index contributed by atoms with van der Waals surface area (Å²) in [4.78, 5) is 25.0. The van der Waals surface area contributed by atoms with Crippen LogP contribution in [-0.2, 0) is 16.1 Å². The van der Waals surface area contributed by atoms with Crippen molar-refractivity contribution >= 4 is 22.7 Å². The maximum atomic E-state index is 12.9. The van der Waals surface area contributed by atoms with Gasteiger partial charge in [-0.3, -0.25) is 9.59 Å². The second kappa shape index (κ2) is 5.52. The molecule has 0 fully saturated rings. The van der Waals surface area contributed by atoms with Gasteiger partial charge in [-0.25, -0.2) is 0 Å². The topological polar surface area (TPSA) is 48.3 Å². The Kier molecular flexibility index (Phi) is 3.78. The molecule has 0 saturated carbocycles. The third kappa shape index (κ3) is 2.28. The van der Waals surface area contributed by atoms with Crippen molar-refractivity contribution in [3.8, 4) is 0 Å². The maximum Gasteiger partial charge on any atom is 0.317 e. The van der Waals surface area contributed by atoms with E-state index in [1.807, 2.05) is 13.0 Å². The van der Waals surface area contributed by atoms with Crippen LogP contribution < -0.4 is 0 Å². The standard InChI is InChI=1S/C19H23NO3/c1-6-23-19(22)17-11(3)9-20-15-7-10(2)12(4)13(5)14(15)8-16(20)18(17)21/h7-8,11,17H,6,9H2,1-5H3. The van der Waals surface area contributed by atoms with Gasteiger partial charge in [-0.2, -0.15) is 0 Å². The fourth-order valence-electron chi connectivity index (χ4n) is 3.61. The number of nitrogens with zero attached hydrogens (tertiary/aromatic N) is 1. The largest absolute Gasteiger partial charge is 0.465 e. The third-order valence-electron chi connectivity index (χ3n) is 5.16. The highest BCUT2D eigenvalue weighted by Crippen LogP contribution is 2.35. The first kappa shape index (κ1) is 15.8. The fourth-order valence-corrected chi connectivity index (χ4v) is 3.61. The van der Waals surface area contributed by atoms with Gasteiger partial charge in [0.1, 0.15) is 5.92 Å². The number of ketones is 1. The predicted octanol–water partition coefficient (Wildman–Crippen LogP) is 3.58. The Morgan fingerprint density at radius 2 is 1.96 bits per heavy atom. The van der Waals surface area contributed by atoms with Crippen molar-refractivity contribution < 1.29 is 14.3 Å². The van der Waals surface area contributed by atoms with Gasteiger partial charge in [0.25, 0.3) is 0 Å². The molecule has 0 aliphatic carbocycles. The van der Waals surface area contributed by atoms with Gasteiger partial charge in [0.2, 0.25) is 0 Å². The number of ether oxygens (including phenoxy) is 1. The van der Waals surface area contributed by atoms with Gasteiger partial charge in [-0.15, -0.1) is 0 Å². The van der Waals surface area contributed by atoms with E-state index in [0.29, 0.717) is 18.8 Å². The number of hydrogen-bond acceptors (Lipinski definition) is 3. The van der Waals surface area contributed by atoms with Crippen molar-refractivity contribution in [1.29, 1.82) is 0 Å². The van der Waals surface area contributed by atoms with Crippen LogP contribution in [0.1, 0.15) is 41.0 Å². The zero-order valence-corrected chi connectivity index (χ0v) is 14.4. The van der Waals surface area contributed by atoms with E-state index >= 15 is 0 Å². The number of benzene rings is 1. The zero-order valence-electron chi connectivity index (χ0n) is 14.4. The predicted molar refractivity (Wildman–Crippen MR) is 89.8 cm³/mol. The normalized spacial score (nSPS) is 20.7. The first-order valence-electron chi connectivity index (χ1n) is 8.17. The van der Waals surface area contributed by atoms with Crippen LogP contribution in [-0.4, -0.2) is 22.9 Å². The van der Waals surface area contributed by atoms with Crippen LogP contribution in [0, 0.1) is 32.6 Å². The average molecular weight is 313 g/mol. The highest BCUT2D eigenvalue weighted by atomic mass is 16.5. The molecule has 1 aliphatic heterocycles. The van der Waals surface area contributed by atoms with E-state index in [1.165, 1.54) is 16.7 Å². The summed E-state index contributed by atoms with van der Waals surface area (Å²) in [7, 11) is 0. The van der Waals surface area contributed by atoms with E-state index in [-0.39, 0.29) is 11.7 Å².